The van der Waals surface area contributed by atoms with Crippen molar-refractivity contribution in [2.45, 2.75) is 14.7 Å². The molecule has 1 aromatic carbocycles. The van der Waals surface area contributed by atoms with Crippen LogP contribution in [0.3, 0.4) is 0 Å². The van der Waals surface area contributed by atoms with E-state index in [1.54, 1.807) is 0 Å². The maximum absolute atomic E-state index is 11.0. The summed E-state index contributed by atoms with van der Waals surface area (Å²) in [6.07, 6.45) is 0. The molecule has 0 aliphatic rings. The van der Waals surface area contributed by atoms with Gasteiger partial charge in [0.1, 0.15) is 9.79 Å². The summed E-state index contributed by atoms with van der Waals surface area (Å²) in [4.78, 5) is -5.18. The van der Waals surface area contributed by atoms with Crippen molar-refractivity contribution in [2.24, 2.45) is 0 Å². The zero-order valence-electron chi connectivity index (χ0n) is 15.0. The first kappa shape index (κ1) is 29.3. The van der Waals surface area contributed by atoms with E-state index in [1.165, 1.54) is 0 Å². The van der Waals surface area contributed by atoms with Gasteiger partial charge in [-0.25, -0.2) is 0 Å². The van der Waals surface area contributed by atoms with Crippen LogP contribution >= 0.6 is 0 Å². The molecular formula is C6H9Na3O11S3. The Bertz CT molecular complexity index is 901. The molecule has 1 aromatic rings. The Morgan fingerprint density at radius 3 is 1.26 bits per heavy atom. The molecule has 0 saturated carbocycles. The van der Waals surface area contributed by atoms with Crippen LogP contribution in [0.2, 0.25) is 0 Å². The van der Waals surface area contributed by atoms with Gasteiger partial charge in [0.05, 0.1) is 0 Å². The van der Waals surface area contributed by atoms with E-state index in [4.69, 9.17) is 13.7 Å². The maximum Gasteiger partial charge on any atom is 1.00 e. The van der Waals surface area contributed by atoms with Crippen LogP contribution in [0, 0.1) is 0 Å². The molecule has 0 heterocycles. The minimum absolute atomic E-state index is 0. The summed E-state index contributed by atoms with van der Waals surface area (Å²) in [5.74, 6) is -3.61. The van der Waals surface area contributed by atoms with E-state index < -0.39 is 56.5 Å². The molecule has 0 aromatic heterocycles. The van der Waals surface area contributed by atoms with Crippen molar-refractivity contribution in [1.29, 1.82) is 0 Å². The molecule has 0 bridgehead atoms. The third kappa shape index (κ3) is 6.99. The minimum atomic E-state index is -5.46. The fourth-order valence-electron chi connectivity index (χ4n) is 1.23. The average molecular weight is 422 g/mol. The number of hydrogen-bond donors (Lipinski definition) is 5. The normalized spacial score (nSPS) is 11.6. The Balaban J connectivity index is -0.000000167. The molecule has 0 radical (unpaired) electrons. The SMILES string of the molecule is O=S(=O)(O)c1cc(S(=O)(=O)O)c(S(=O)(=O)O)c(O)c1O.[H-].[H-].[H-].[Na+].[Na+].[Na+]. The Labute approximate surface area is 202 Å². The third-order valence-corrected chi connectivity index (χ3v) is 4.78. The molecule has 5 N–H and O–H groups in total. The second kappa shape index (κ2) is 9.48. The molecule has 0 amide bonds. The van der Waals surface area contributed by atoms with E-state index in [0.29, 0.717) is 0 Å². The fourth-order valence-corrected chi connectivity index (χ4v) is 3.80. The molecule has 0 unspecified atom stereocenters. The number of rotatable bonds is 3. The van der Waals surface area contributed by atoms with Crippen LogP contribution in [-0.4, -0.2) is 49.1 Å². The number of benzene rings is 1. The van der Waals surface area contributed by atoms with E-state index in [2.05, 4.69) is 0 Å². The van der Waals surface area contributed by atoms with E-state index in [1.807, 2.05) is 0 Å². The van der Waals surface area contributed by atoms with Gasteiger partial charge < -0.3 is 14.5 Å². The van der Waals surface area contributed by atoms with Crippen LogP contribution in [-0.2, 0) is 30.4 Å². The van der Waals surface area contributed by atoms with E-state index in [0.717, 1.165) is 0 Å². The zero-order valence-corrected chi connectivity index (χ0v) is 20.4. The summed E-state index contributed by atoms with van der Waals surface area (Å²) in [7, 11) is -16.1. The second-order valence-electron chi connectivity index (χ2n) is 3.32. The first-order valence-corrected chi connectivity index (χ1v) is 8.50. The Hall–Kier alpha value is 1.55. The summed E-state index contributed by atoms with van der Waals surface area (Å²) in [6, 6.07) is -0.150. The minimum Gasteiger partial charge on any atom is -1.00 e. The van der Waals surface area contributed by atoms with Gasteiger partial charge in [0.15, 0.2) is 16.4 Å². The first-order valence-electron chi connectivity index (χ1n) is 4.18. The Morgan fingerprint density at radius 2 is 1.00 bits per heavy atom. The molecule has 0 spiro atoms. The summed E-state index contributed by atoms with van der Waals surface area (Å²) >= 11 is 0. The van der Waals surface area contributed by atoms with Crippen molar-refractivity contribution in [1.82, 2.24) is 0 Å². The van der Waals surface area contributed by atoms with Crippen molar-refractivity contribution in [3.05, 3.63) is 6.07 Å². The van der Waals surface area contributed by atoms with E-state index in [-0.39, 0.29) is 99.0 Å². The number of hydrogen-bond acceptors (Lipinski definition) is 8. The Kier molecular flexibility index (Phi) is 12.1. The zero-order chi connectivity index (χ0) is 16.1. The standard InChI is InChI=1S/C6H6O11S3.3Na.3H/c7-4-2(18(9,10)11)1-3(19(12,13)14)6(5(4)8)20(15,16)17;;;;;;/h1,7-8H,(H,9,10,11)(H,12,13,14)(H,15,16,17);;;;;;/q;3*+1;3*-1. The van der Waals surface area contributed by atoms with Gasteiger partial charge in [-0.05, 0) is 6.07 Å². The smallest absolute Gasteiger partial charge is 1.00 e. The van der Waals surface area contributed by atoms with Crippen LogP contribution in [0.4, 0.5) is 0 Å². The molecule has 0 atom stereocenters. The van der Waals surface area contributed by atoms with Crippen molar-refractivity contribution in [2.75, 3.05) is 0 Å². The number of aromatic hydroxyl groups is 2. The van der Waals surface area contributed by atoms with Gasteiger partial charge in [0.25, 0.3) is 30.4 Å². The second-order valence-corrected chi connectivity index (χ2v) is 7.46. The molecule has 17 heteroatoms. The van der Waals surface area contributed by atoms with Gasteiger partial charge in [-0.2, -0.15) is 25.3 Å². The van der Waals surface area contributed by atoms with Crippen molar-refractivity contribution >= 4 is 30.4 Å². The summed E-state index contributed by atoms with van der Waals surface area (Å²) in [6.45, 7) is 0. The number of phenolic OH excluding ortho intramolecular Hbond substituents is 2. The van der Waals surface area contributed by atoms with Gasteiger partial charge >= 0.3 is 88.7 Å². The van der Waals surface area contributed by atoms with Gasteiger partial charge in [0, 0.05) is 0 Å². The molecule has 0 fully saturated rings. The van der Waals surface area contributed by atoms with Crippen LogP contribution in [0.5, 0.6) is 11.5 Å². The maximum atomic E-state index is 11.0. The van der Waals surface area contributed by atoms with Crippen LogP contribution in [0.15, 0.2) is 20.8 Å². The van der Waals surface area contributed by atoms with Gasteiger partial charge in [-0.1, -0.05) is 0 Å². The largest absolute Gasteiger partial charge is 1.00 e. The van der Waals surface area contributed by atoms with Crippen molar-refractivity contribution < 1.29 is 142 Å². The molecule has 23 heavy (non-hydrogen) atoms. The molecule has 1 rings (SSSR count). The Morgan fingerprint density at radius 1 is 0.652 bits per heavy atom. The molecule has 11 nitrogen and oxygen atoms in total. The van der Waals surface area contributed by atoms with Crippen molar-refractivity contribution in [3.8, 4) is 11.5 Å². The molecule has 120 valence electrons. The van der Waals surface area contributed by atoms with Crippen LogP contribution in [0.1, 0.15) is 4.28 Å². The monoisotopic (exact) mass is 422 g/mol. The van der Waals surface area contributed by atoms with Crippen LogP contribution < -0.4 is 88.7 Å². The van der Waals surface area contributed by atoms with Crippen LogP contribution in [0.25, 0.3) is 0 Å². The molecule has 0 aliphatic carbocycles. The van der Waals surface area contributed by atoms with Gasteiger partial charge in [-0.15, -0.1) is 0 Å². The summed E-state index contributed by atoms with van der Waals surface area (Å²) in [5.41, 5.74) is 0. The molecular weight excluding hydrogens is 413 g/mol. The molecule has 0 aliphatic heterocycles. The fraction of sp³-hybridized carbons (Fsp3) is 0. The quantitative estimate of drug-likeness (QED) is 0.176. The predicted octanol–water partition coefficient (Wildman–Crippen LogP) is -9.81. The van der Waals surface area contributed by atoms with E-state index >= 15 is 0 Å². The van der Waals surface area contributed by atoms with Gasteiger partial charge in [0.2, 0.25) is 0 Å². The average Bonchev–Trinajstić information content (AvgIpc) is 2.15. The summed E-state index contributed by atoms with van der Waals surface area (Å²) in [5, 5.41) is 18.5. The first-order chi connectivity index (χ1) is 8.67. The van der Waals surface area contributed by atoms with E-state index in [9.17, 15) is 35.5 Å². The predicted molar refractivity (Wildman–Crippen MR) is 62.6 cm³/mol. The number of phenols is 2. The topological polar surface area (TPSA) is 204 Å². The summed E-state index contributed by atoms with van der Waals surface area (Å²) < 4.78 is 91.7. The third-order valence-electron chi connectivity index (χ3n) is 1.97. The van der Waals surface area contributed by atoms with Crippen molar-refractivity contribution in [3.63, 3.8) is 0 Å². The van der Waals surface area contributed by atoms with Gasteiger partial charge in [-0.3, -0.25) is 13.7 Å². The molecule has 0 saturated heterocycles.